The normalized spacial score (nSPS) is 10.7. The Kier molecular flexibility index (Phi) is 8.88. The Morgan fingerprint density at radius 1 is 0.897 bits per heavy atom. The number of benzene rings is 3. The van der Waals surface area contributed by atoms with E-state index in [2.05, 4.69) is 20.8 Å². The maximum absolute atomic E-state index is 13.0. The van der Waals surface area contributed by atoms with E-state index in [1.165, 1.54) is 26.0 Å². The van der Waals surface area contributed by atoms with Gasteiger partial charge in [-0.05, 0) is 67.8 Å². The van der Waals surface area contributed by atoms with Gasteiger partial charge in [0.05, 0.1) is 32.2 Å². The van der Waals surface area contributed by atoms with Crippen molar-refractivity contribution in [1.82, 2.24) is 20.1 Å². The zero-order chi connectivity index (χ0) is 27.9. The third-order valence-electron chi connectivity index (χ3n) is 5.96. The van der Waals surface area contributed by atoms with Crippen LogP contribution in [0.2, 0.25) is 0 Å². The molecule has 0 aliphatic rings. The number of amides is 2. The van der Waals surface area contributed by atoms with Gasteiger partial charge in [-0.3, -0.25) is 14.2 Å². The number of carbonyl (C=O) groups is 2. The number of aryl methyl sites for hydroxylation is 3. The lowest BCUT2D eigenvalue weighted by Crippen LogP contribution is -2.25. The summed E-state index contributed by atoms with van der Waals surface area (Å²) in [5, 5.41) is 15.1. The van der Waals surface area contributed by atoms with Gasteiger partial charge >= 0.3 is 0 Å². The minimum absolute atomic E-state index is 0.120. The summed E-state index contributed by atoms with van der Waals surface area (Å²) in [6.07, 6.45) is 0. The van der Waals surface area contributed by atoms with E-state index in [0.717, 1.165) is 28.1 Å². The summed E-state index contributed by atoms with van der Waals surface area (Å²) < 4.78 is 12.5. The van der Waals surface area contributed by atoms with Gasteiger partial charge in [-0.2, -0.15) is 0 Å². The largest absolute Gasteiger partial charge is 0.497 e. The zero-order valence-electron chi connectivity index (χ0n) is 22.6. The van der Waals surface area contributed by atoms with E-state index in [1.54, 1.807) is 18.2 Å². The summed E-state index contributed by atoms with van der Waals surface area (Å²) >= 11 is 1.28. The molecule has 4 rings (SSSR count). The molecular weight excluding hydrogens is 514 g/mol. The van der Waals surface area contributed by atoms with Crippen LogP contribution in [-0.2, 0) is 11.3 Å². The van der Waals surface area contributed by atoms with E-state index in [0.29, 0.717) is 28.0 Å². The molecule has 202 valence electrons. The Labute approximate surface area is 231 Å². The molecule has 39 heavy (non-hydrogen) atoms. The summed E-state index contributed by atoms with van der Waals surface area (Å²) in [5.41, 5.74) is 5.16. The van der Waals surface area contributed by atoms with Gasteiger partial charge in [-0.15, -0.1) is 10.2 Å². The van der Waals surface area contributed by atoms with E-state index < -0.39 is 0 Å². The first-order valence-corrected chi connectivity index (χ1v) is 13.3. The lowest BCUT2D eigenvalue weighted by molar-refractivity contribution is -0.113. The molecule has 10 heteroatoms. The molecule has 1 aromatic heterocycles. The topological polar surface area (TPSA) is 107 Å². The molecule has 3 aromatic carbocycles. The third-order valence-corrected chi connectivity index (χ3v) is 6.89. The van der Waals surface area contributed by atoms with E-state index in [-0.39, 0.29) is 24.1 Å². The molecular formula is C29H31N5O4S. The summed E-state index contributed by atoms with van der Waals surface area (Å²) in [5.74, 6) is 1.25. The summed E-state index contributed by atoms with van der Waals surface area (Å²) in [6.45, 7) is 6.10. The van der Waals surface area contributed by atoms with Crippen molar-refractivity contribution in [3.05, 3.63) is 88.7 Å². The quantitative estimate of drug-likeness (QED) is 0.274. The molecule has 0 aliphatic carbocycles. The lowest BCUT2D eigenvalue weighted by atomic mass is 10.1. The van der Waals surface area contributed by atoms with Gasteiger partial charge in [0.2, 0.25) is 5.91 Å². The minimum atomic E-state index is -0.311. The molecule has 2 N–H and O–H groups in total. The molecule has 0 saturated carbocycles. The van der Waals surface area contributed by atoms with Crippen LogP contribution >= 0.6 is 11.8 Å². The molecule has 0 saturated heterocycles. The minimum Gasteiger partial charge on any atom is -0.497 e. The van der Waals surface area contributed by atoms with Gasteiger partial charge in [0.1, 0.15) is 11.5 Å². The zero-order valence-corrected chi connectivity index (χ0v) is 23.4. The smallest absolute Gasteiger partial charge is 0.251 e. The summed E-state index contributed by atoms with van der Waals surface area (Å²) in [4.78, 5) is 25.7. The number of ether oxygens (including phenoxy) is 2. The average Bonchev–Trinajstić information content (AvgIpc) is 3.34. The molecule has 2 amide bonds. The van der Waals surface area contributed by atoms with E-state index in [1.807, 2.05) is 67.8 Å². The van der Waals surface area contributed by atoms with Crippen LogP contribution in [0.3, 0.4) is 0 Å². The van der Waals surface area contributed by atoms with Crippen LogP contribution in [0.25, 0.3) is 5.69 Å². The molecule has 1 heterocycles. The maximum atomic E-state index is 13.0. The predicted molar refractivity (Wildman–Crippen MR) is 152 cm³/mol. The van der Waals surface area contributed by atoms with Crippen molar-refractivity contribution in [2.45, 2.75) is 32.5 Å². The van der Waals surface area contributed by atoms with Crippen LogP contribution in [0.15, 0.2) is 65.8 Å². The van der Waals surface area contributed by atoms with E-state index in [9.17, 15) is 9.59 Å². The Morgan fingerprint density at radius 3 is 2.31 bits per heavy atom. The van der Waals surface area contributed by atoms with E-state index >= 15 is 0 Å². The van der Waals surface area contributed by atoms with Crippen LogP contribution < -0.4 is 20.1 Å². The van der Waals surface area contributed by atoms with Crippen molar-refractivity contribution in [3.8, 4) is 17.2 Å². The average molecular weight is 546 g/mol. The molecule has 0 radical (unpaired) electrons. The second-order valence-corrected chi connectivity index (χ2v) is 9.96. The van der Waals surface area contributed by atoms with Crippen molar-refractivity contribution in [2.75, 3.05) is 25.3 Å². The number of hydrogen-bond acceptors (Lipinski definition) is 7. The highest BCUT2D eigenvalue weighted by Gasteiger charge is 2.19. The fraction of sp³-hybridized carbons (Fsp3) is 0.241. The van der Waals surface area contributed by atoms with Crippen LogP contribution in [0.4, 0.5) is 5.69 Å². The van der Waals surface area contributed by atoms with Crippen LogP contribution in [-0.4, -0.2) is 46.6 Å². The maximum Gasteiger partial charge on any atom is 0.251 e. The Balaban J connectivity index is 1.56. The van der Waals surface area contributed by atoms with Gasteiger partial charge in [0.15, 0.2) is 11.0 Å². The van der Waals surface area contributed by atoms with Gasteiger partial charge in [-0.1, -0.05) is 36.0 Å². The number of nitrogens with one attached hydrogen (secondary N) is 2. The molecule has 0 atom stereocenters. The highest BCUT2D eigenvalue weighted by Crippen LogP contribution is 2.26. The highest BCUT2D eigenvalue weighted by atomic mass is 32.2. The number of aromatic nitrogens is 3. The van der Waals surface area contributed by atoms with Crippen LogP contribution in [0.5, 0.6) is 11.5 Å². The summed E-state index contributed by atoms with van der Waals surface area (Å²) in [7, 11) is 3.06. The Bertz CT molecular complexity index is 1480. The van der Waals surface area contributed by atoms with Crippen LogP contribution in [0.1, 0.15) is 32.9 Å². The van der Waals surface area contributed by atoms with Crippen molar-refractivity contribution in [1.29, 1.82) is 0 Å². The first kappa shape index (κ1) is 27.7. The standard InChI is InChI=1S/C29H31N5O4S/c1-18-7-6-8-22(11-18)31-27(35)17-39-29-33-32-26(34(29)25-12-19(2)9-10-20(25)3)16-30-28(36)21-13-23(37-4)15-24(14-21)38-5/h6-15H,16-17H2,1-5H3,(H,30,36)(H,31,35). The molecule has 0 fully saturated rings. The third kappa shape index (κ3) is 6.97. The van der Waals surface area contributed by atoms with Gasteiger partial charge < -0.3 is 20.1 Å². The Hall–Kier alpha value is -4.31. The molecule has 0 spiro atoms. The SMILES string of the molecule is COc1cc(OC)cc(C(=O)NCc2nnc(SCC(=O)Nc3cccc(C)c3)n2-c2cc(C)ccc2C)c1. The van der Waals surface area contributed by atoms with E-state index in [4.69, 9.17) is 9.47 Å². The fourth-order valence-electron chi connectivity index (χ4n) is 3.96. The highest BCUT2D eigenvalue weighted by molar-refractivity contribution is 7.99. The van der Waals surface area contributed by atoms with Crippen molar-refractivity contribution < 1.29 is 19.1 Å². The first-order chi connectivity index (χ1) is 18.8. The predicted octanol–water partition coefficient (Wildman–Crippen LogP) is 4.87. The number of methoxy groups -OCH3 is 2. The van der Waals surface area contributed by atoms with Crippen molar-refractivity contribution in [3.63, 3.8) is 0 Å². The molecule has 0 unspecified atom stereocenters. The fourth-order valence-corrected chi connectivity index (χ4v) is 4.72. The monoisotopic (exact) mass is 545 g/mol. The lowest BCUT2D eigenvalue weighted by Gasteiger charge is -2.14. The number of hydrogen-bond donors (Lipinski definition) is 2. The number of nitrogens with zero attached hydrogens (tertiary/aromatic N) is 3. The van der Waals surface area contributed by atoms with Gasteiger partial charge in [-0.25, -0.2) is 0 Å². The number of rotatable bonds is 10. The summed E-state index contributed by atoms with van der Waals surface area (Å²) in [6, 6.07) is 18.7. The molecule has 0 aliphatic heterocycles. The number of anilines is 1. The van der Waals surface area contributed by atoms with Gasteiger partial charge in [0, 0.05) is 17.3 Å². The van der Waals surface area contributed by atoms with Gasteiger partial charge in [0.25, 0.3) is 5.91 Å². The number of carbonyl (C=O) groups excluding carboxylic acids is 2. The second-order valence-electron chi connectivity index (χ2n) is 9.01. The molecule has 0 bridgehead atoms. The second kappa shape index (κ2) is 12.5. The van der Waals surface area contributed by atoms with Crippen molar-refractivity contribution in [2.24, 2.45) is 0 Å². The molecule has 9 nitrogen and oxygen atoms in total. The van der Waals surface area contributed by atoms with Crippen LogP contribution in [0, 0.1) is 20.8 Å². The van der Waals surface area contributed by atoms with Crippen molar-refractivity contribution >= 4 is 29.3 Å². The first-order valence-electron chi connectivity index (χ1n) is 12.3. The number of thioether (sulfide) groups is 1. The molecule has 4 aromatic rings. The Morgan fingerprint density at radius 2 is 1.62 bits per heavy atom.